The van der Waals surface area contributed by atoms with Crippen molar-refractivity contribution in [2.45, 2.75) is 123 Å². The molecule has 1 N–H and O–H groups in total. The van der Waals surface area contributed by atoms with Crippen LogP contribution in [0.5, 0.6) is 0 Å². The van der Waals surface area contributed by atoms with Crippen LogP contribution >= 0.6 is 23.3 Å². The third-order valence-corrected chi connectivity index (χ3v) is 14.1. The second-order valence-corrected chi connectivity index (χ2v) is 20.5. The molecule has 1 aromatic carbocycles. The molecule has 382 valence electrons. The molecule has 3 aromatic heterocycles. The van der Waals surface area contributed by atoms with E-state index in [1.807, 2.05) is 83.4 Å². The van der Waals surface area contributed by atoms with Gasteiger partial charge in [-0.1, -0.05) is 59.6 Å². The van der Waals surface area contributed by atoms with Gasteiger partial charge >= 0.3 is 27.9 Å². The van der Waals surface area contributed by atoms with Gasteiger partial charge in [0.2, 0.25) is 12.3 Å². The number of ether oxygens (including phenoxy) is 3. The molecule has 2 fully saturated rings. The summed E-state index contributed by atoms with van der Waals surface area (Å²) in [6, 6.07) is 10.0. The van der Waals surface area contributed by atoms with Gasteiger partial charge in [-0.15, -0.1) is 11.3 Å². The summed E-state index contributed by atoms with van der Waals surface area (Å²) in [7, 11) is 7.48. The number of thiazole rings is 1. The Morgan fingerprint density at radius 1 is 1.10 bits per heavy atom. The van der Waals surface area contributed by atoms with Crippen molar-refractivity contribution < 1.29 is 33.4 Å². The molecule has 18 heteroatoms. The molecular weight excluding hydrogens is 1020 g/mol. The maximum atomic E-state index is 14.2. The van der Waals surface area contributed by atoms with Gasteiger partial charge in [0.1, 0.15) is 11.3 Å². The van der Waals surface area contributed by atoms with Gasteiger partial charge in [0.25, 0.3) is 12.4 Å². The molecule has 2 radical (unpaired) electrons. The van der Waals surface area contributed by atoms with Crippen molar-refractivity contribution in [3.05, 3.63) is 58.2 Å². The molecule has 5 heterocycles. The van der Waals surface area contributed by atoms with Crippen LogP contribution in [0.2, 0.25) is 4.87 Å². The fourth-order valence-corrected chi connectivity index (χ4v) is 10.1. The zero-order valence-corrected chi connectivity index (χ0v) is 47.8. The van der Waals surface area contributed by atoms with Crippen LogP contribution in [0.3, 0.4) is 0 Å². The summed E-state index contributed by atoms with van der Waals surface area (Å²) in [4.78, 5) is 63.1. The first-order valence-corrected chi connectivity index (χ1v) is 28.3. The normalized spacial score (nSPS) is 16.6. The van der Waals surface area contributed by atoms with Gasteiger partial charge < -0.3 is 29.0 Å². The fourth-order valence-electron chi connectivity index (χ4n) is 8.36. The number of morpholine rings is 1. The second-order valence-electron chi connectivity index (χ2n) is 18.2. The number of fused-ring (bicyclic) bond motifs is 1. The molecule has 0 aliphatic carbocycles. The summed E-state index contributed by atoms with van der Waals surface area (Å²) in [5.74, 6) is -0.199. The van der Waals surface area contributed by atoms with Crippen LogP contribution in [0, 0.1) is 11.3 Å². The molecule has 2 saturated heterocycles. The summed E-state index contributed by atoms with van der Waals surface area (Å²) in [5, 5.41) is 10.4. The number of hydrazine groups is 1. The summed E-state index contributed by atoms with van der Waals surface area (Å²) < 4.78 is 20.5. The van der Waals surface area contributed by atoms with Gasteiger partial charge in [0.15, 0.2) is 0 Å². The summed E-state index contributed by atoms with van der Waals surface area (Å²) in [5.41, 5.74) is 6.52. The number of carbonyl (C=O) groups is 4. The van der Waals surface area contributed by atoms with Gasteiger partial charge in [-0.25, -0.2) is 9.99 Å². The first-order valence-electron chi connectivity index (χ1n) is 24.1. The number of amides is 3. The number of pyridine rings is 1. The number of nitrogens with one attached hydrogen (secondary N) is 1. The third kappa shape index (κ3) is 16.5. The van der Waals surface area contributed by atoms with Crippen molar-refractivity contribution in [2.75, 3.05) is 67.7 Å². The molecule has 3 amide bonds. The van der Waals surface area contributed by atoms with Gasteiger partial charge in [-0.3, -0.25) is 33.5 Å². The first-order chi connectivity index (χ1) is 33.0. The minimum atomic E-state index is -0.764. The van der Waals surface area contributed by atoms with Gasteiger partial charge in [0.05, 0.1) is 54.1 Å². The fraction of sp³-hybridized carbons (Fsp3) is 0.608. The summed E-state index contributed by atoms with van der Waals surface area (Å²) >= 11 is 4.72. The van der Waals surface area contributed by atoms with Crippen LogP contribution in [-0.2, 0) is 52.8 Å². The van der Waals surface area contributed by atoms with E-state index in [0.717, 1.165) is 88.6 Å². The average molecular weight is 1100 g/mol. The van der Waals surface area contributed by atoms with Crippen molar-refractivity contribution in [1.29, 1.82) is 0 Å². The van der Waals surface area contributed by atoms with Crippen molar-refractivity contribution >= 4 is 81.9 Å². The van der Waals surface area contributed by atoms with E-state index in [9.17, 15) is 19.2 Å². The number of methoxy groups -OCH3 is 1. The Kier molecular flexibility index (Phi) is 25.7. The zero-order valence-electron chi connectivity index (χ0n) is 43.6. The predicted octanol–water partition coefficient (Wildman–Crippen LogP) is 8.12. The summed E-state index contributed by atoms with van der Waals surface area (Å²) in [6.45, 7) is 23.4. The van der Waals surface area contributed by atoms with E-state index in [1.54, 1.807) is 46.2 Å². The van der Waals surface area contributed by atoms with Crippen LogP contribution < -0.4 is 5.32 Å². The van der Waals surface area contributed by atoms with E-state index in [1.165, 1.54) is 23.3 Å². The first kappa shape index (κ1) is 59.7. The van der Waals surface area contributed by atoms with Gasteiger partial charge in [-0.2, -0.15) is 0 Å². The van der Waals surface area contributed by atoms with E-state index < -0.39 is 6.04 Å². The Bertz CT molecular complexity index is 2220. The van der Waals surface area contributed by atoms with Crippen LogP contribution in [-0.4, -0.2) is 167 Å². The molecule has 0 saturated carbocycles. The predicted molar refractivity (Wildman–Crippen MR) is 282 cm³/mol. The van der Waals surface area contributed by atoms with Crippen LogP contribution in [0.1, 0.15) is 97.5 Å². The van der Waals surface area contributed by atoms with E-state index >= 15 is 0 Å². The number of aromatic nitrogens is 3. The molecular formula is C51H79N8O7S2Sb. The molecule has 69 heavy (non-hydrogen) atoms. The number of nitrogens with zero attached hydrogens (tertiary/aromatic N) is 7. The zero-order chi connectivity index (χ0) is 51.4. The molecule has 6 rings (SSSR count). The molecule has 0 spiro atoms. The topological polar surface area (TPSA) is 152 Å². The molecule has 4 atom stereocenters. The van der Waals surface area contributed by atoms with E-state index in [-0.39, 0.29) is 53.6 Å². The van der Waals surface area contributed by atoms with E-state index in [2.05, 4.69) is 59.8 Å². The average Bonchev–Trinajstić information content (AvgIpc) is 3.95. The molecule has 0 bridgehead atoms. The van der Waals surface area contributed by atoms with Crippen molar-refractivity contribution in [2.24, 2.45) is 11.3 Å². The van der Waals surface area contributed by atoms with Crippen molar-refractivity contribution in [1.82, 2.24) is 39.1 Å². The third-order valence-electron chi connectivity index (χ3n) is 11.9. The number of aryl methyl sites for hydroxylation is 1. The quantitative estimate of drug-likeness (QED) is 0.0549. The van der Waals surface area contributed by atoms with Crippen molar-refractivity contribution in [3.63, 3.8) is 0 Å². The minimum absolute atomic E-state index is 0.0708. The number of rotatable bonds is 19. The number of hydrogen-bond donors (Lipinski definition) is 1. The number of hydrogen-bond acceptors (Lipinski definition) is 13. The van der Waals surface area contributed by atoms with Gasteiger partial charge in [0, 0.05) is 85.8 Å². The molecule has 4 unspecified atom stereocenters. The maximum absolute atomic E-state index is 14.2. The van der Waals surface area contributed by atoms with E-state index in [4.69, 9.17) is 24.2 Å². The summed E-state index contributed by atoms with van der Waals surface area (Å²) in [6.07, 6.45) is 5.32. The Hall–Kier alpha value is -3.57. The standard InChI is InChI=1S/C42H59N7O5S2.C6H11NO2.C2H6.CH3.Sb/c1-11-48-35-17-16-29(21-31(35)32(23-42(5,6)25-54-26-50)38(48)30-15-14-18-43-37(30)28(4)53-10)34-24-55-36(44-34)22-33(41(52)49-20-13-12-19-47(49)9)45-40(51)39(27(2)3)56-46(7)8;1-6-4-9-3-2-7(6)5-8;1-2;;/h14-18,21,24,26-28,33,39H,11-13,19-20,22-23,25H2,1-10H3,(H,45,51);5-6H,2-4H2,1H3;1-2H3;1H3;. The van der Waals surface area contributed by atoms with Crippen molar-refractivity contribution in [3.8, 4) is 22.5 Å². The second kappa shape index (κ2) is 29.7. The van der Waals surface area contributed by atoms with Crippen LogP contribution in [0.4, 0.5) is 0 Å². The SMILES string of the molecule is CC.CC1COCCN1C=O.CCn1c(-c2cccnc2C(C)OC)c(CC(C)(C)COC=O)c2cc(-c3csc(CC(NC(=O)C(SN(C)C)C(C)C)C(=O)N4CCCCN4C)n3)ccc21.[CH3][Sb]. The monoisotopic (exact) mass is 1100 g/mol. The Balaban J connectivity index is 0.000000851. The Morgan fingerprint density at radius 2 is 1.81 bits per heavy atom. The van der Waals surface area contributed by atoms with E-state index in [0.29, 0.717) is 32.7 Å². The number of benzene rings is 1. The Labute approximate surface area is 434 Å². The molecule has 2 aliphatic rings. The molecule has 15 nitrogen and oxygen atoms in total. The molecule has 4 aromatic rings. The number of carbonyl (C=O) groups excluding carboxylic acids is 4. The van der Waals surface area contributed by atoms with Crippen LogP contribution in [0.15, 0.2) is 41.9 Å². The molecule has 2 aliphatic heterocycles. The van der Waals surface area contributed by atoms with Crippen LogP contribution in [0.25, 0.3) is 33.4 Å². The Morgan fingerprint density at radius 3 is 2.41 bits per heavy atom. The van der Waals surface area contributed by atoms with Gasteiger partial charge in [-0.05, 0) is 89.9 Å².